The van der Waals surface area contributed by atoms with Crippen LogP contribution in [0.25, 0.3) is 0 Å². The summed E-state index contributed by atoms with van der Waals surface area (Å²) in [6, 6.07) is 4.44. The fraction of sp³-hybridized carbons (Fsp3) is 0.733. The van der Waals surface area contributed by atoms with Crippen molar-refractivity contribution in [1.82, 2.24) is 5.32 Å². The second-order valence-electron chi connectivity index (χ2n) is 6.27. The molecule has 1 N–H and O–H groups in total. The van der Waals surface area contributed by atoms with Crippen molar-refractivity contribution in [2.24, 2.45) is 5.92 Å². The van der Waals surface area contributed by atoms with Crippen LogP contribution in [-0.2, 0) is 4.74 Å². The van der Waals surface area contributed by atoms with Gasteiger partial charge in [0, 0.05) is 34.4 Å². The van der Waals surface area contributed by atoms with Crippen LogP contribution in [0.15, 0.2) is 12.1 Å². The number of aryl methyl sites for hydroxylation is 1. The van der Waals surface area contributed by atoms with Crippen molar-refractivity contribution in [2.45, 2.75) is 52.2 Å². The average molecular weight is 267 g/mol. The molecule has 1 aliphatic rings. The van der Waals surface area contributed by atoms with Crippen molar-refractivity contribution >= 4 is 11.3 Å². The van der Waals surface area contributed by atoms with Crippen molar-refractivity contribution < 1.29 is 4.74 Å². The van der Waals surface area contributed by atoms with Gasteiger partial charge in [-0.1, -0.05) is 0 Å². The first kappa shape index (κ1) is 14.0. The highest BCUT2D eigenvalue weighted by Gasteiger charge is 2.29. The zero-order valence-electron chi connectivity index (χ0n) is 12.0. The van der Waals surface area contributed by atoms with Gasteiger partial charge in [0.2, 0.25) is 0 Å². The number of hydrogen-bond acceptors (Lipinski definition) is 3. The molecule has 0 amide bonds. The van der Waals surface area contributed by atoms with Gasteiger partial charge in [-0.05, 0) is 52.7 Å². The molecule has 1 aromatic rings. The highest BCUT2D eigenvalue weighted by Crippen LogP contribution is 2.36. The number of nitrogens with one attached hydrogen (secondary N) is 1. The normalized spacial score (nSPS) is 25.3. The van der Waals surface area contributed by atoms with Gasteiger partial charge in [0.15, 0.2) is 0 Å². The minimum absolute atomic E-state index is 0.188. The quantitative estimate of drug-likeness (QED) is 0.896. The molecule has 2 nitrogen and oxygen atoms in total. The lowest BCUT2D eigenvalue weighted by molar-refractivity contribution is -0.0271. The van der Waals surface area contributed by atoms with Crippen molar-refractivity contribution in [3.8, 4) is 0 Å². The lowest BCUT2D eigenvalue weighted by Gasteiger charge is -2.33. The van der Waals surface area contributed by atoms with E-state index >= 15 is 0 Å². The van der Waals surface area contributed by atoms with E-state index in [1.165, 1.54) is 22.6 Å². The Balaban J connectivity index is 2.02. The molecule has 3 heteroatoms. The highest BCUT2D eigenvalue weighted by atomic mass is 32.1. The van der Waals surface area contributed by atoms with Crippen molar-refractivity contribution in [1.29, 1.82) is 0 Å². The Morgan fingerprint density at radius 3 is 2.78 bits per heavy atom. The van der Waals surface area contributed by atoms with Gasteiger partial charge in [-0.2, -0.15) is 0 Å². The Bertz CT molecular complexity index is 380. The molecule has 2 atom stereocenters. The smallest absolute Gasteiger partial charge is 0.0956 e. The van der Waals surface area contributed by atoms with Gasteiger partial charge in [0.1, 0.15) is 0 Å². The molecule has 1 aromatic heterocycles. The second kappa shape index (κ2) is 5.72. The van der Waals surface area contributed by atoms with Gasteiger partial charge in [0.25, 0.3) is 0 Å². The van der Waals surface area contributed by atoms with Crippen LogP contribution in [0.5, 0.6) is 0 Å². The summed E-state index contributed by atoms with van der Waals surface area (Å²) >= 11 is 1.88. The monoisotopic (exact) mass is 267 g/mol. The van der Waals surface area contributed by atoms with Crippen LogP contribution in [-0.4, -0.2) is 18.7 Å². The molecular formula is C15H25NOS. The van der Waals surface area contributed by atoms with Crippen LogP contribution in [0.2, 0.25) is 0 Å². The topological polar surface area (TPSA) is 21.3 Å². The third kappa shape index (κ3) is 3.81. The van der Waals surface area contributed by atoms with Gasteiger partial charge in [0.05, 0.1) is 6.10 Å². The Kier molecular flexibility index (Phi) is 4.46. The predicted molar refractivity (Wildman–Crippen MR) is 78.2 cm³/mol. The van der Waals surface area contributed by atoms with Crippen LogP contribution in [0, 0.1) is 12.8 Å². The molecule has 0 saturated carbocycles. The standard InChI is InChI=1S/C15H25NOS/c1-11-7-8-13(18-11)14-12(6-5-9-17-14)10-16-15(2,3)4/h7-8,12,14,16H,5-6,9-10H2,1-4H3. The predicted octanol–water partition coefficient (Wildman–Crippen LogP) is 3.91. The summed E-state index contributed by atoms with van der Waals surface area (Å²) in [5.74, 6) is 0.607. The second-order valence-corrected chi connectivity index (χ2v) is 7.59. The zero-order valence-corrected chi connectivity index (χ0v) is 12.8. The SMILES string of the molecule is Cc1ccc(C2OCCCC2CNC(C)(C)C)s1. The van der Waals surface area contributed by atoms with Crippen LogP contribution in [0.1, 0.15) is 49.5 Å². The van der Waals surface area contributed by atoms with E-state index in [1.807, 2.05) is 11.3 Å². The molecular weight excluding hydrogens is 242 g/mol. The van der Waals surface area contributed by atoms with Crippen molar-refractivity contribution in [3.05, 3.63) is 21.9 Å². The number of hydrogen-bond donors (Lipinski definition) is 1. The van der Waals surface area contributed by atoms with E-state index in [1.54, 1.807) is 0 Å². The number of thiophene rings is 1. The van der Waals surface area contributed by atoms with E-state index < -0.39 is 0 Å². The van der Waals surface area contributed by atoms with Crippen molar-refractivity contribution in [2.75, 3.05) is 13.2 Å². The summed E-state index contributed by atoms with van der Waals surface area (Å²) in [5.41, 5.74) is 0.188. The minimum atomic E-state index is 0.188. The molecule has 0 bridgehead atoms. The van der Waals surface area contributed by atoms with Crippen LogP contribution in [0.3, 0.4) is 0 Å². The molecule has 102 valence electrons. The first-order valence-electron chi connectivity index (χ1n) is 6.89. The maximum atomic E-state index is 6.03. The van der Waals surface area contributed by atoms with E-state index in [-0.39, 0.29) is 5.54 Å². The van der Waals surface area contributed by atoms with E-state index in [2.05, 4.69) is 45.1 Å². The third-order valence-corrected chi connectivity index (χ3v) is 4.44. The Morgan fingerprint density at radius 1 is 1.39 bits per heavy atom. The first-order valence-corrected chi connectivity index (χ1v) is 7.70. The Hall–Kier alpha value is -0.380. The number of ether oxygens (including phenoxy) is 1. The van der Waals surface area contributed by atoms with Gasteiger partial charge in [-0.25, -0.2) is 0 Å². The average Bonchev–Trinajstić information content (AvgIpc) is 2.72. The van der Waals surface area contributed by atoms with Crippen LogP contribution >= 0.6 is 11.3 Å². The molecule has 0 radical (unpaired) electrons. The van der Waals surface area contributed by atoms with Crippen LogP contribution in [0.4, 0.5) is 0 Å². The van der Waals surface area contributed by atoms with Crippen LogP contribution < -0.4 is 5.32 Å². The molecule has 0 aromatic carbocycles. The fourth-order valence-corrected chi connectivity index (χ4v) is 3.43. The lowest BCUT2D eigenvalue weighted by atomic mass is 9.92. The lowest BCUT2D eigenvalue weighted by Crippen LogP contribution is -2.41. The summed E-state index contributed by atoms with van der Waals surface area (Å²) in [7, 11) is 0. The third-order valence-electron chi connectivity index (χ3n) is 3.38. The molecule has 2 unspecified atom stereocenters. The zero-order chi connectivity index (χ0) is 13.2. The van der Waals surface area contributed by atoms with Gasteiger partial charge in [-0.15, -0.1) is 11.3 Å². The van der Waals surface area contributed by atoms with Gasteiger partial charge in [-0.3, -0.25) is 0 Å². The molecule has 0 aliphatic carbocycles. The van der Waals surface area contributed by atoms with Gasteiger partial charge >= 0.3 is 0 Å². The molecule has 1 aliphatic heterocycles. The maximum absolute atomic E-state index is 6.03. The Morgan fingerprint density at radius 2 is 2.17 bits per heavy atom. The minimum Gasteiger partial charge on any atom is -0.372 e. The summed E-state index contributed by atoms with van der Waals surface area (Å²) < 4.78 is 6.03. The molecule has 2 heterocycles. The summed E-state index contributed by atoms with van der Waals surface area (Å²) in [6.45, 7) is 10.8. The summed E-state index contributed by atoms with van der Waals surface area (Å²) in [6.07, 6.45) is 2.76. The molecule has 2 rings (SSSR count). The molecule has 1 saturated heterocycles. The van der Waals surface area contributed by atoms with E-state index in [9.17, 15) is 0 Å². The Labute approximate surface area is 115 Å². The number of rotatable bonds is 3. The van der Waals surface area contributed by atoms with E-state index in [0.29, 0.717) is 12.0 Å². The molecule has 0 spiro atoms. The van der Waals surface area contributed by atoms with Gasteiger partial charge < -0.3 is 10.1 Å². The highest BCUT2D eigenvalue weighted by molar-refractivity contribution is 7.12. The molecule has 1 fully saturated rings. The fourth-order valence-electron chi connectivity index (χ4n) is 2.41. The van der Waals surface area contributed by atoms with Crippen molar-refractivity contribution in [3.63, 3.8) is 0 Å². The summed E-state index contributed by atoms with van der Waals surface area (Å²) in [5, 5.41) is 3.62. The maximum Gasteiger partial charge on any atom is 0.0956 e. The summed E-state index contributed by atoms with van der Waals surface area (Å²) in [4.78, 5) is 2.77. The first-order chi connectivity index (χ1) is 8.46. The molecule has 18 heavy (non-hydrogen) atoms. The van der Waals surface area contributed by atoms with E-state index in [0.717, 1.165) is 13.2 Å². The van der Waals surface area contributed by atoms with E-state index in [4.69, 9.17) is 4.74 Å². The largest absolute Gasteiger partial charge is 0.372 e.